The zero-order valence-electron chi connectivity index (χ0n) is 21.1. The van der Waals surface area contributed by atoms with Gasteiger partial charge in [-0.3, -0.25) is 14.8 Å². The number of amides is 1. The van der Waals surface area contributed by atoms with Crippen LogP contribution in [0, 0.1) is 0 Å². The molecule has 0 radical (unpaired) electrons. The average molecular weight is 690 g/mol. The van der Waals surface area contributed by atoms with Crippen molar-refractivity contribution in [3.63, 3.8) is 0 Å². The Hall–Kier alpha value is 1.64. The number of carbonyl (C=O) groups is 1. The average Bonchev–Trinajstić information content (AvgIpc) is 2.89. The topological polar surface area (TPSA) is 116 Å². The van der Waals surface area contributed by atoms with E-state index < -0.39 is 11.2 Å². The van der Waals surface area contributed by atoms with Crippen LogP contribution in [0.3, 0.4) is 0 Å². The summed E-state index contributed by atoms with van der Waals surface area (Å²) in [5.41, 5.74) is 1.50. The minimum absolute atomic E-state index is 0.0618. The predicted octanol–water partition coefficient (Wildman–Crippen LogP) is 4.77. The fraction of sp³-hybridized carbons (Fsp3) is 0.850. The van der Waals surface area contributed by atoms with E-state index in [1.165, 1.54) is 23.7 Å². The molecule has 0 aromatic rings. The molecule has 0 aliphatic carbocycles. The van der Waals surface area contributed by atoms with E-state index in [-0.39, 0.29) is 11.8 Å². The molecule has 0 aromatic carbocycles. The lowest BCUT2D eigenvalue weighted by Gasteiger charge is -2.06. The number of nitrogens with one attached hydrogen (secondary N) is 1. The van der Waals surface area contributed by atoms with Crippen LogP contribution >= 0.6 is 94.1 Å². The van der Waals surface area contributed by atoms with Gasteiger partial charge in [-0.15, -0.1) is 58.8 Å². The summed E-state index contributed by atoms with van der Waals surface area (Å²) in [5, 5.41) is 15.7. The third-order valence-electron chi connectivity index (χ3n) is 3.39. The number of rotatable bonds is 28. The lowest BCUT2D eigenvalue weighted by Crippen LogP contribution is -2.22. The molecular formula is C20H39N3O5S9. The van der Waals surface area contributed by atoms with Crippen LogP contribution in [0.4, 0.5) is 4.79 Å². The second kappa shape index (κ2) is 33.8. The lowest BCUT2D eigenvalue weighted by molar-refractivity contribution is -0.210. The van der Waals surface area contributed by atoms with Crippen molar-refractivity contribution < 1.29 is 24.2 Å². The number of nitrogens with zero attached hydrogens (tertiary/aromatic N) is 2. The van der Waals surface area contributed by atoms with Crippen molar-refractivity contribution in [1.82, 2.24) is 5.32 Å². The molecule has 0 aromatic heterocycles. The molecule has 1 atom stereocenters. The van der Waals surface area contributed by atoms with Gasteiger partial charge in [-0.1, -0.05) is 11.8 Å². The Kier molecular flexibility index (Phi) is 35.3. The van der Waals surface area contributed by atoms with Gasteiger partial charge in [-0.2, -0.15) is 28.4 Å². The first-order chi connectivity index (χ1) is 18.2. The first kappa shape index (κ1) is 38.6. The van der Waals surface area contributed by atoms with Crippen LogP contribution in [-0.4, -0.2) is 127 Å². The summed E-state index contributed by atoms with van der Waals surface area (Å²) in [6, 6.07) is 0. The fourth-order valence-electron chi connectivity index (χ4n) is 1.86. The molecule has 2 N–H and O–H groups in total. The molecule has 0 fully saturated rings. The van der Waals surface area contributed by atoms with E-state index in [4.69, 9.17) is 14.9 Å². The minimum Gasteiger partial charge on any atom is -0.611 e. The fourth-order valence-corrected chi connectivity index (χ4v) is 11.1. The number of carbonyl (C=O) groups excluding carboxylic acids is 1. The molecule has 1 unspecified atom stereocenters. The van der Waals surface area contributed by atoms with Crippen LogP contribution in [0.5, 0.6) is 0 Å². The van der Waals surface area contributed by atoms with Crippen LogP contribution in [0.25, 0.3) is 0 Å². The molecule has 0 spiro atoms. The number of aliphatic hydroxyl groups excluding tert-OH is 1. The van der Waals surface area contributed by atoms with Crippen LogP contribution in [0.2, 0.25) is 0 Å². The molecule has 37 heavy (non-hydrogen) atoms. The van der Waals surface area contributed by atoms with Gasteiger partial charge in [0.15, 0.2) is 0 Å². The van der Waals surface area contributed by atoms with Crippen molar-refractivity contribution in [3.05, 3.63) is 0 Å². The van der Waals surface area contributed by atoms with Crippen molar-refractivity contribution in [2.45, 2.75) is 0 Å². The zero-order chi connectivity index (χ0) is 27.1. The number of hydrogen-bond acceptors (Lipinski definition) is 15. The summed E-state index contributed by atoms with van der Waals surface area (Å²) < 4.78 is 11.4. The number of hydrogen-bond donors (Lipinski definition) is 2. The molecule has 17 heteroatoms. The van der Waals surface area contributed by atoms with E-state index in [0.29, 0.717) is 31.2 Å². The van der Waals surface area contributed by atoms with Gasteiger partial charge in [0.2, 0.25) is 11.9 Å². The number of aliphatic imine (C=N–C) groups is 2. The van der Waals surface area contributed by atoms with Gasteiger partial charge in [0.05, 0.1) is 13.2 Å². The van der Waals surface area contributed by atoms with E-state index in [2.05, 4.69) is 15.3 Å². The summed E-state index contributed by atoms with van der Waals surface area (Å²) in [5.74, 6) is 6.70. The van der Waals surface area contributed by atoms with Crippen molar-refractivity contribution in [2.24, 2.45) is 9.98 Å². The van der Waals surface area contributed by atoms with Crippen molar-refractivity contribution in [3.8, 4) is 0 Å². The van der Waals surface area contributed by atoms with Gasteiger partial charge in [0, 0.05) is 74.2 Å². The molecule has 0 heterocycles. The molecule has 218 valence electrons. The van der Waals surface area contributed by atoms with Gasteiger partial charge in [-0.25, -0.2) is 0 Å². The van der Waals surface area contributed by atoms with E-state index in [1.807, 2.05) is 58.8 Å². The second-order valence-corrected chi connectivity index (χ2v) is 17.8. The van der Waals surface area contributed by atoms with Gasteiger partial charge in [0.1, 0.15) is 12.4 Å². The van der Waals surface area contributed by atoms with Crippen molar-refractivity contribution >= 4 is 122 Å². The molecule has 0 bridgehead atoms. The first-order valence-electron chi connectivity index (χ1n) is 11.3. The number of thioether (sulfide) groups is 8. The molecule has 8 nitrogen and oxygen atoms in total. The van der Waals surface area contributed by atoms with Gasteiger partial charge in [0.25, 0.3) is 5.24 Å². The highest BCUT2D eigenvalue weighted by molar-refractivity contribution is 8.23. The highest BCUT2D eigenvalue weighted by Gasteiger charge is 2.03. The normalized spacial score (nSPS) is 12.5. The lowest BCUT2D eigenvalue weighted by atomic mass is 10.8. The first-order valence-corrected chi connectivity index (χ1v) is 21.8. The van der Waals surface area contributed by atoms with Crippen LogP contribution in [-0.2, 0) is 21.0 Å². The highest BCUT2D eigenvalue weighted by atomic mass is 32.2. The Morgan fingerprint density at radius 3 is 2.35 bits per heavy atom. The molecule has 0 saturated heterocycles. The highest BCUT2D eigenvalue weighted by Crippen LogP contribution is 2.19. The van der Waals surface area contributed by atoms with Crippen molar-refractivity contribution in [1.29, 1.82) is 0 Å². The van der Waals surface area contributed by atoms with Crippen LogP contribution in [0.1, 0.15) is 0 Å². The maximum Gasteiger partial charge on any atom is 0.279 e. The molecular weight excluding hydrogens is 651 g/mol. The maximum absolute atomic E-state index is 11.9. The molecule has 0 rings (SSSR count). The van der Waals surface area contributed by atoms with Gasteiger partial charge in [-0.05, 0) is 11.2 Å². The third-order valence-corrected chi connectivity index (χ3v) is 14.0. The largest absolute Gasteiger partial charge is 0.611 e. The quantitative estimate of drug-likeness (QED) is 0.0224. The summed E-state index contributed by atoms with van der Waals surface area (Å²) in [6.45, 7) is 2.06. The van der Waals surface area contributed by atoms with Gasteiger partial charge >= 0.3 is 0 Å². The second-order valence-electron chi connectivity index (χ2n) is 6.29. The predicted molar refractivity (Wildman–Crippen MR) is 183 cm³/mol. The maximum atomic E-state index is 11.9. The molecule has 0 aliphatic rings. The van der Waals surface area contributed by atoms with Crippen LogP contribution < -0.4 is 5.32 Å². The Bertz CT molecular complexity index is 558. The van der Waals surface area contributed by atoms with Crippen molar-refractivity contribution in [2.75, 3.05) is 99.7 Å². The Balaban J connectivity index is 3.23. The van der Waals surface area contributed by atoms with E-state index >= 15 is 0 Å². The summed E-state index contributed by atoms with van der Waals surface area (Å²) in [7, 11) is 1.64. The molecule has 0 saturated carbocycles. The molecule has 0 aliphatic heterocycles. The minimum atomic E-state index is -0.931. The van der Waals surface area contributed by atoms with E-state index in [0.717, 1.165) is 54.9 Å². The summed E-state index contributed by atoms with van der Waals surface area (Å²) >= 11 is 13.1. The van der Waals surface area contributed by atoms with E-state index in [1.54, 1.807) is 30.6 Å². The van der Waals surface area contributed by atoms with E-state index in [9.17, 15) is 9.35 Å². The Labute approximate surface area is 259 Å². The molecule has 1 amide bonds. The monoisotopic (exact) mass is 689 g/mol. The van der Waals surface area contributed by atoms with Gasteiger partial charge < -0.3 is 19.9 Å². The Morgan fingerprint density at radius 2 is 1.62 bits per heavy atom. The standard InChI is InChI=1S/C20H39N3O5S9/c1-21-15-37(26)13-12-33-19-35-18-32-10-11-36-20(25)23-3-7-31-17-34-16-30-6-2-22-14-28-27-5-9-29-8-4-24/h14-15,24H,2-13,16-19H2,1H3,(H,23,25)/b21-15+,22-14+. The van der Waals surface area contributed by atoms with Crippen LogP contribution in [0.15, 0.2) is 9.98 Å². The smallest absolute Gasteiger partial charge is 0.279 e. The third kappa shape index (κ3) is 33.7. The number of aliphatic hydroxyl groups is 1. The summed E-state index contributed by atoms with van der Waals surface area (Å²) in [4.78, 5) is 29.6. The zero-order valence-corrected chi connectivity index (χ0v) is 28.5. The Morgan fingerprint density at radius 1 is 0.919 bits per heavy atom. The summed E-state index contributed by atoms with van der Waals surface area (Å²) in [6.07, 6.45) is 1.34. The SMILES string of the molecule is C/N=C/[S+]([O-])CCSCSCSCCSC(=O)NCCSCSCSCC/N=C/OOCCSCCO.